The Bertz CT molecular complexity index is 581. The summed E-state index contributed by atoms with van der Waals surface area (Å²) in [5, 5.41) is 0. The van der Waals surface area contributed by atoms with E-state index < -0.39 is 23.5 Å². The third kappa shape index (κ3) is 55.0. The zero-order valence-electron chi connectivity index (χ0n) is 24.8. The van der Waals surface area contributed by atoms with E-state index in [1.165, 1.54) is 0 Å². The van der Waals surface area contributed by atoms with Crippen molar-refractivity contribution in [1.82, 2.24) is 0 Å². The van der Waals surface area contributed by atoms with Crippen LogP contribution in [0.1, 0.15) is 119 Å². The molecular weight excluding hydrogens is 573 g/mol. The number of unbranched alkanes of at least 4 members (excludes halogenated alkanes) is 6. The molecular formula is C24H57O12P3. The quantitative estimate of drug-likeness (QED) is 0.0565. The Hall–Kier alpha value is 0.330. The summed E-state index contributed by atoms with van der Waals surface area (Å²) in [5.74, 6) is 2.09. The highest BCUT2D eigenvalue weighted by Crippen LogP contribution is 2.37. The zero-order chi connectivity index (χ0) is 31.0. The van der Waals surface area contributed by atoms with Crippen molar-refractivity contribution in [3.8, 4) is 0 Å². The molecule has 15 heteroatoms. The van der Waals surface area contributed by atoms with Gasteiger partial charge in [0.15, 0.2) is 0 Å². The Kier molecular flexibility index (Phi) is 29.2. The van der Waals surface area contributed by atoms with Crippen LogP contribution >= 0.6 is 23.5 Å². The fourth-order valence-corrected chi connectivity index (χ4v) is 4.15. The fourth-order valence-electron chi connectivity index (χ4n) is 3.04. The molecule has 0 radical (unpaired) electrons. The lowest BCUT2D eigenvalue weighted by Crippen LogP contribution is -1.93. The third-order valence-corrected chi connectivity index (χ3v) is 6.61. The highest BCUT2D eigenvalue weighted by atomic mass is 31.2. The molecule has 240 valence electrons. The summed E-state index contributed by atoms with van der Waals surface area (Å²) >= 11 is 0. The summed E-state index contributed by atoms with van der Waals surface area (Å²) < 4.78 is 43.6. The largest absolute Gasteiger partial charge is 0.469 e. The third-order valence-electron chi connectivity index (χ3n) is 5.06. The molecule has 0 rings (SSSR count). The molecule has 0 amide bonds. The van der Waals surface area contributed by atoms with Crippen LogP contribution in [0.25, 0.3) is 0 Å². The van der Waals surface area contributed by atoms with Crippen LogP contribution in [0.4, 0.5) is 0 Å². The van der Waals surface area contributed by atoms with E-state index in [9.17, 15) is 13.7 Å². The van der Waals surface area contributed by atoms with Gasteiger partial charge >= 0.3 is 23.5 Å². The van der Waals surface area contributed by atoms with E-state index in [4.69, 9.17) is 29.4 Å². The molecule has 39 heavy (non-hydrogen) atoms. The molecule has 6 N–H and O–H groups in total. The first-order valence-electron chi connectivity index (χ1n) is 13.9. The molecule has 0 aliphatic carbocycles. The van der Waals surface area contributed by atoms with Crippen molar-refractivity contribution in [2.24, 2.45) is 17.8 Å². The van der Waals surface area contributed by atoms with Crippen molar-refractivity contribution in [2.45, 2.75) is 119 Å². The van der Waals surface area contributed by atoms with E-state index in [-0.39, 0.29) is 19.8 Å². The maximum absolute atomic E-state index is 10.2. The van der Waals surface area contributed by atoms with Gasteiger partial charge in [0.25, 0.3) is 0 Å². The summed E-state index contributed by atoms with van der Waals surface area (Å²) in [6.45, 7) is 13.4. The molecule has 12 nitrogen and oxygen atoms in total. The van der Waals surface area contributed by atoms with Gasteiger partial charge in [-0.2, -0.15) is 0 Å². The number of hydrogen-bond acceptors (Lipinski definition) is 6. The second-order valence-electron chi connectivity index (χ2n) is 10.7. The van der Waals surface area contributed by atoms with Gasteiger partial charge < -0.3 is 29.4 Å². The van der Waals surface area contributed by atoms with E-state index in [1.54, 1.807) is 0 Å². The molecule has 0 aromatic rings. The molecule has 0 atom stereocenters. The molecule has 0 aromatic heterocycles. The lowest BCUT2D eigenvalue weighted by molar-refractivity contribution is 0.191. The van der Waals surface area contributed by atoms with Crippen molar-refractivity contribution in [2.75, 3.05) is 19.8 Å². The lowest BCUT2D eigenvalue weighted by atomic mass is 10.1. The minimum absolute atomic E-state index is 0.155. The summed E-state index contributed by atoms with van der Waals surface area (Å²) in [7, 11) is -12.7. The minimum atomic E-state index is -4.23. The first-order chi connectivity index (χ1) is 17.7. The van der Waals surface area contributed by atoms with Crippen LogP contribution in [0, 0.1) is 17.8 Å². The Morgan fingerprint density at radius 2 is 0.615 bits per heavy atom. The van der Waals surface area contributed by atoms with Gasteiger partial charge in [-0.25, -0.2) is 13.7 Å². The van der Waals surface area contributed by atoms with Gasteiger partial charge in [-0.3, -0.25) is 13.6 Å². The first kappa shape index (κ1) is 43.8. The van der Waals surface area contributed by atoms with E-state index >= 15 is 0 Å². The SMILES string of the molecule is CC(C)CCCCCOP(=O)(O)O.CC(C)CCCCCOP(=O)(O)O.CC(C)CCCCCOP(=O)(O)O. The Morgan fingerprint density at radius 3 is 0.769 bits per heavy atom. The average Bonchev–Trinajstić information content (AvgIpc) is 2.74. The van der Waals surface area contributed by atoms with E-state index in [2.05, 4.69) is 55.1 Å². The number of phosphoric acid groups is 3. The van der Waals surface area contributed by atoms with Gasteiger partial charge in [-0.15, -0.1) is 0 Å². The van der Waals surface area contributed by atoms with Crippen molar-refractivity contribution in [3.63, 3.8) is 0 Å². The van der Waals surface area contributed by atoms with Crippen LogP contribution < -0.4 is 0 Å². The number of rotatable bonds is 21. The molecule has 0 saturated heterocycles. The molecule has 0 unspecified atom stereocenters. The average molecular weight is 631 g/mol. The van der Waals surface area contributed by atoms with Crippen LogP contribution in [0.2, 0.25) is 0 Å². The second-order valence-corrected chi connectivity index (χ2v) is 14.4. The Labute approximate surface area is 236 Å². The summed E-state index contributed by atoms with van der Waals surface area (Å²) in [6, 6.07) is 0. The van der Waals surface area contributed by atoms with Gasteiger partial charge in [-0.1, -0.05) is 99.3 Å². The van der Waals surface area contributed by atoms with Gasteiger partial charge in [0.1, 0.15) is 0 Å². The van der Waals surface area contributed by atoms with Crippen LogP contribution in [0.15, 0.2) is 0 Å². The molecule has 0 aliphatic heterocycles. The minimum Gasteiger partial charge on any atom is -0.303 e. The van der Waals surface area contributed by atoms with Crippen LogP contribution in [0.5, 0.6) is 0 Å². The van der Waals surface area contributed by atoms with E-state index in [0.29, 0.717) is 17.8 Å². The highest BCUT2D eigenvalue weighted by Gasteiger charge is 2.13. The van der Waals surface area contributed by atoms with Crippen LogP contribution in [0.3, 0.4) is 0 Å². The van der Waals surface area contributed by atoms with E-state index in [1.807, 2.05) is 0 Å². The van der Waals surface area contributed by atoms with Gasteiger partial charge in [0, 0.05) is 0 Å². The Balaban J connectivity index is -0.000000498. The van der Waals surface area contributed by atoms with Crippen molar-refractivity contribution < 1.29 is 56.6 Å². The van der Waals surface area contributed by atoms with Crippen LogP contribution in [-0.4, -0.2) is 49.2 Å². The summed E-state index contributed by atoms with van der Waals surface area (Å²) in [6.07, 6.45) is 11.9. The number of hydrogen-bond donors (Lipinski definition) is 6. The predicted molar refractivity (Wildman–Crippen MR) is 154 cm³/mol. The molecule has 0 bridgehead atoms. The molecule has 0 aromatic carbocycles. The van der Waals surface area contributed by atoms with Crippen molar-refractivity contribution >= 4 is 23.5 Å². The normalized spacial score (nSPS) is 12.4. The monoisotopic (exact) mass is 630 g/mol. The molecule has 0 aliphatic rings. The summed E-state index contributed by atoms with van der Waals surface area (Å²) in [5.41, 5.74) is 0. The smallest absolute Gasteiger partial charge is 0.303 e. The molecule has 0 spiro atoms. The standard InChI is InChI=1S/3C8H19O4P/c3*1-8(2)6-4-3-5-7-12-13(9,10)11/h3*8H,3-7H2,1-2H3,(H2,9,10,11). The number of phosphoric ester groups is 3. The second kappa shape index (κ2) is 26.0. The van der Waals surface area contributed by atoms with Gasteiger partial charge in [-0.05, 0) is 37.0 Å². The van der Waals surface area contributed by atoms with Crippen molar-refractivity contribution in [3.05, 3.63) is 0 Å². The maximum Gasteiger partial charge on any atom is 0.469 e. The molecule has 0 heterocycles. The maximum atomic E-state index is 10.2. The molecule has 0 saturated carbocycles. The van der Waals surface area contributed by atoms with Gasteiger partial charge in [0.2, 0.25) is 0 Å². The Morgan fingerprint density at radius 1 is 0.410 bits per heavy atom. The predicted octanol–water partition coefficient (Wildman–Crippen LogP) is 6.94. The van der Waals surface area contributed by atoms with Gasteiger partial charge in [0.05, 0.1) is 19.8 Å². The zero-order valence-corrected chi connectivity index (χ0v) is 27.5. The summed E-state index contributed by atoms with van der Waals surface area (Å²) in [4.78, 5) is 50.1. The molecule has 0 fully saturated rings. The highest BCUT2D eigenvalue weighted by molar-refractivity contribution is 7.46. The van der Waals surface area contributed by atoms with Crippen molar-refractivity contribution in [1.29, 1.82) is 0 Å². The topological polar surface area (TPSA) is 200 Å². The lowest BCUT2D eigenvalue weighted by Gasteiger charge is -2.05. The first-order valence-corrected chi connectivity index (χ1v) is 18.4. The van der Waals surface area contributed by atoms with Crippen LogP contribution in [-0.2, 0) is 27.3 Å². The van der Waals surface area contributed by atoms with E-state index in [0.717, 1.165) is 77.0 Å². The fraction of sp³-hybridized carbons (Fsp3) is 1.00.